The minimum atomic E-state index is -4.37. The van der Waals surface area contributed by atoms with Gasteiger partial charge in [0.15, 0.2) is 0 Å². The van der Waals surface area contributed by atoms with Crippen LogP contribution in [0.25, 0.3) is 5.57 Å². The molecule has 0 amide bonds. The summed E-state index contributed by atoms with van der Waals surface area (Å²) in [5.74, 6) is 0.412. The highest BCUT2D eigenvalue weighted by Gasteiger charge is 2.32. The maximum absolute atomic E-state index is 12.8. The number of ketones is 1. The summed E-state index contributed by atoms with van der Waals surface area (Å²) < 4.78 is 40.3. The largest absolute Gasteiger partial charge is 0.416 e. The Kier molecular flexibility index (Phi) is 12.9. The van der Waals surface area contributed by atoms with Gasteiger partial charge in [0.05, 0.1) is 17.8 Å². The molecule has 0 saturated carbocycles. The van der Waals surface area contributed by atoms with Crippen molar-refractivity contribution in [2.45, 2.75) is 86.4 Å². The number of aliphatic imine (C=N–C) groups is 1. The first-order chi connectivity index (χ1) is 14.1. The van der Waals surface area contributed by atoms with Crippen LogP contribution in [0.1, 0.15) is 84.7 Å². The van der Waals surface area contributed by atoms with Crippen molar-refractivity contribution in [3.63, 3.8) is 0 Å². The van der Waals surface area contributed by atoms with E-state index in [0.29, 0.717) is 17.1 Å². The second kappa shape index (κ2) is 13.9. The molecule has 0 atom stereocenters. The van der Waals surface area contributed by atoms with Gasteiger partial charge in [0.2, 0.25) is 0 Å². The van der Waals surface area contributed by atoms with Gasteiger partial charge in [0.1, 0.15) is 5.78 Å². The van der Waals surface area contributed by atoms with Crippen LogP contribution in [0.3, 0.4) is 0 Å². The molecule has 4 nitrogen and oxygen atoms in total. The molecule has 2 heterocycles. The molecule has 1 aromatic rings. The van der Waals surface area contributed by atoms with Gasteiger partial charge < -0.3 is 0 Å². The second-order valence-corrected chi connectivity index (χ2v) is 7.00. The van der Waals surface area contributed by atoms with E-state index in [1.165, 1.54) is 6.21 Å². The number of halogens is 3. The number of nitrogens with zero attached hydrogens (tertiary/aromatic N) is 3. The van der Waals surface area contributed by atoms with Gasteiger partial charge in [-0.05, 0) is 45.8 Å². The monoisotopic (exact) mass is 427 g/mol. The van der Waals surface area contributed by atoms with Crippen molar-refractivity contribution in [2.75, 3.05) is 6.54 Å². The number of rotatable bonds is 6. The molecular formula is C23H36F3N3O. The molecule has 0 aliphatic carbocycles. The molecule has 0 bridgehead atoms. The average molecular weight is 428 g/mol. The Morgan fingerprint density at radius 2 is 1.73 bits per heavy atom. The zero-order valence-corrected chi connectivity index (χ0v) is 19.3. The Morgan fingerprint density at radius 3 is 2.17 bits per heavy atom. The quantitative estimate of drug-likeness (QED) is 0.495. The zero-order chi connectivity index (χ0) is 23.3. The van der Waals surface area contributed by atoms with E-state index in [1.807, 2.05) is 48.5 Å². The molecule has 0 radical (unpaired) electrons. The van der Waals surface area contributed by atoms with Gasteiger partial charge in [-0.1, -0.05) is 33.8 Å². The highest BCUT2D eigenvalue weighted by molar-refractivity contribution is 6.10. The predicted octanol–water partition coefficient (Wildman–Crippen LogP) is 6.91. The van der Waals surface area contributed by atoms with Crippen LogP contribution < -0.4 is 0 Å². The summed E-state index contributed by atoms with van der Waals surface area (Å²) in [7, 11) is 0. The number of alkyl halides is 3. The van der Waals surface area contributed by atoms with Crippen molar-refractivity contribution in [1.82, 2.24) is 9.78 Å². The molecule has 7 heteroatoms. The molecule has 2 rings (SSSR count). The Bertz CT molecular complexity index is 733. The van der Waals surface area contributed by atoms with Crippen molar-refractivity contribution < 1.29 is 18.0 Å². The van der Waals surface area contributed by atoms with E-state index in [4.69, 9.17) is 0 Å². The first kappa shape index (κ1) is 27.8. The first-order valence-electron chi connectivity index (χ1n) is 10.7. The molecule has 0 fully saturated rings. The fraction of sp³-hybridized carbons (Fsp3) is 0.609. The number of aromatic nitrogens is 2. The van der Waals surface area contributed by atoms with Gasteiger partial charge in [0, 0.05) is 36.4 Å². The Morgan fingerprint density at radius 1 is 1.17 bits per heavy atom. The fourth-order valence-corrected chi connectivity index (χ4v) is 2.74. The maximum Gasteiger partial charge on any atom is 0.416 e. The van der Waals surface area contributed by atoms with Gasteiger partial charge in [-0.3, -0.25) is 14.5 Å². The van der Waals surface area contributed by atoms with Crippen LogP contribution >= 0.6 is 0 Å². The van der Waals surface area contributed by atoms with Crippen LogP contribution in [0.15, 0.2) is 28.8 Å². The Labute approximate surface area is 179 Å². The normalized spacial score (nSPS) is 13.4. The molecule has 1 aliphatic heterocycles. The molecule has 0 unspecified atom stereocenters. The van der Waals surface area contributed by atoms with Crippen molar-refractivity contribution in [3.8, 4) is 0 Å². The highest BCUT2D eigenvalue weighted by Crippen LogP contribution is 2.30. The van der Waals surface area contributed by atoms with Crippen LogP contribution in [0.4, 0.5) is 13.2 Å². The predicted molar refractivity (Wildman–Crippen MR) is 119 cm³/mol. The molecule has 0 spiro atoms. The number of Topliss-reactive ketones (excluding diaryl/α,β-unsaturated/α-hetero) is 1. The third-order valence-electron chi connectivity index (χ3n) is 4.05. The van der Waals surface area contributed by atoms with Crippen LogP contribution in [0.5, 0.6) is 0 Å². The Hall–Kier alpha value is -2.18. The van der Waals surface area contributed by atoms with E-state index in [2.05, 4.69) is 10.1 Å². The summed E-state index contributed by atoms with van der Waals surface area (Å²) in [5, 5.41) is 4.35. The number of carbonyl (C=O) groups is 1. The smallest absolute Gasteiger partial charge is 0.300 e. The van der Waals surface area contributed by atoms with E-state index < -0.39 is 11.7 Å². The van der Waals surface area contributed by atoms with Gasteiger partial charge in [0.25, 0.3) is 0 Å². The summed E-state index contributed by atoms with van der Waals surface area (Å²) >= 11 is 0. The summed E-state index contributed by atoms with van der Waals surface area (Å²) in [6, 6.07) is 1.93. The van der Waals surface area contributed by atoms with Crippen molar-refractivity contribution in [2.24, 2.45) is 4.99 Å². The number of aryl methyl sites for hydroxylation is 1. The van der Waals surface area contributed by atoms with Gasteiger partial charge >= 0.3 is 6.18 Å². The second-order valence-electron chi connectivity index (χ2n) is 7.00. The van der Waals surface area contributed by atoms with E-state index in [0.717, 1.165) is 43.5 Å². The molecule has 0 aromatic carbocycles. The topological polar surface area (TPSA) is 47.2 Å². The zero-order valence-electron chi connectivity index (χ0n) is 19.3. The lowest BCUT2D eigenvalue weighted by atomic mass is 10.1. The highest BCUT2D eigenvalue weighted by atomic mass is 19.4. The molecular weight excluding hydrogens is 391 g/mol. The summed E-state index contributed by atoms with van der Waals surface area (Å²) in [4.78, 5) is 14.6. The SMILES string of the molecule is CC.CCCC(=O)CCC.Cc1cc(C2=CC(C(F)(F)F)=CCN=C2)nn1C(C)C. The third kappa shape index (κ3) is 9.55. The molecule has 0 N–H and O–H groups in total. The van der Waals surface area contributed by atoms with E-state index in [-0.39, 0.29) is 12.6 Å². The molecule has 30 heavy (non-hydrogen) atoms. The van der Waals surface area contributed by atoms with Crippen LogP contribution in [0, 0.1) is 6.92 Å². The Balaban J connectivity index is 0.000000712. The third-order valence-corrected chi connectivity index (χ3v) is 4.05. The number of hydrogen-bond acceptors (Lipinski definition) is 3. The maximum atomic E-state index is 12.8. The number of carbonyl (C=O) groups excluding carboxylic acids is 1. The lowest BCUT2D eigenvalue weighted by Crippen LogP contribution is -2.10. The fourth-order valence-electron chi connectivity index (χ4n) is 2.74. The lowest BCUT2D eigenvalue weighted by Gasteiger charge is -2.08. The number of allylic oxidation sites excluding steroid dienone is 3. The van der Waals surface area contributed by atoms with E-state index >= 15 is 0 Å². The van der Waals surface area contributed by atoms with Gasteiger partial charge in [-0.2, -0.15) is 18.3 Å². The average Bonchev–Trinajstić information content (AvgIpc) is 2.90. The van der Waals surface area contributed by atoms with Gasteiger partial charge in [-0.25, -0.2) is 0 Å². The van der Waals surface area contributed by atoms with Crippen LogP contribution in [0.2, 0.25) is 0 Å². The minimum Gasteiger partial charge on any atom is -0.300 e. The van der Waals surface area contributed by atoms with Crippen molar-refractivity contribution in [1.29, 1.82) is 0 Å². The number of hydrogen-bond donors (Lipinski definition) is 0. The summed E-state index contributed by atoms with van der Waals surface area (Å²) in [6.45, 7) is 13.9. The summed E-state index contributed by atoms with van der Waals surface area (Å²) in [5.41, 5.74) is 1.12. The molecule has 1 aliphatic rings. The minimum absolute atomic E-state index is 0.0265. The van der Waals surface area contributed by atoms with E-state index in [1.54, 1.807) is 10.7 Å². The molecule has 170 valence electrons. The standard InChI is InChI=1S/C14H16F3N3.C7H14O.C2H6/c1-9(2)20-10(3)6-13(19-20)11-7-12(14(15,16)17)4-5-18-8-11;1-3-5-7(8)6-4-2;1-2/h4,6-9H,5H2,1-3H3;3-6H2,1-2H3;1-2H3. The molecule has 1 aromatic heterocycles. The van der Waals surface area contributed by atoms with Crippen molar-refractivity contribution >= 4 is 17.6 Å². The van der Waals surface area contributed by atoms with E-state index in [9.17, 15) is 18.0 Å². The van der Waals surface area contributed by atoms with Crippen molar-refractivity contribution in [3.05, 3.63) is 35.2 Å². The summed E-state index contributed by atoms with van der Waals surface area (Å²) in [6.07, 6.45) is 2.80. The van der Waals surface area contributed by atoms with Gasteiger partial charge in [-0.15, -0.1) is 0 Å². The first-order valence-corrected chi connectivity index (χ1v) is 10.7. The lowest BCUT2D eigenvalue weighted by molar-refractivity contribution is -0.119. The van der Waals surface area contributed by atoms with Crippen LogP contribution in [-0.4, -0.2) is 34.5 Å². The van der Waals surface area contributed by atoms with Crippen LogP contribution in [-0.2, 0) is 4.79 Å². The molecule has 0 saturated heterocycles.